The SMILES string of the molecule is CCCC1(C(=O)O)CCCN(C(=O)CCOCC(F)F)C1. The van der Waals surface area contributed by atoms with Crippen LogP contribution in [0.4, 0.5) is 8.78 Å². The Hall–Kier alpha value is -1.24. The minimum Gasteiger partial charge on any atom is -0.481 e. The summed E-state index contributed by atoms with van der Waals surface area (Å²) in [6, 6.07) is 0. The molecule has 1 unspecified atom stereocenters. The van der Waals surface area contributed by atoms with Crippen LogP contribution in [0.1, 0.15) is 39.0 Å². The number of hydrogen-bond donors (Lipinski definition) is 1. The first-order valence-electron chi connectivity index (χ1n) is 7.28. The molecule has 0 bridgehead atoms. The molecule has 21 heavy (non-hydrogen) atoms. The van der Waals surface area contributed by atoms with Gasteiger partial charge in [-0.05, 0) is 19.3 Å². The van der Waals surface area contributed by atoms with Crippen LogP contribution >= 0.6 is 0 Å². The van der Waals surface area contributed by atoms with E-state index >= 15 is 0 Å². The lowest BCUT2D eigenvalue weighted by Gasteiger charge is -2.40. The number of carboxylic acid groups (broad SMARTS) is 1. The molecule has 1 fully saturated rings. The molecule has 0 aromatic rings. The van der Waals surface area contributed by atoms with Gasteiger partial charge in [0.2, 0.25) is 5.91 Å². The Labute approximate surface area is 123 Å². The van der Waals surface area contributed by atoms with Crippen LogP contribution in [0.2, 0.25) is 0 Å². The number of aliphatic carboxylic acids is 1. The number of amides is 1. The molecule has 1 heterocycles. The van der Waals surface area contributed by atoms with E-state index in [4.69, 9.17) is 0 Å². The van der Waals surface area contributed by atoms with Crippen LogP contribution < -0.4 is 0 Å². The third kappa shape index (κ3) is 5.22. The van der Waals surface area contributed by atoms with E-state index in [1.165, 1.54) is 4.90 Å². The molecule has 0 aromatic heterocycles. The molecule has 122 valence electrons. The maximum Gasteiger partial charge on any atom is 0.311 e. The van der Waals surface area contributed by atoms with Crippen molar-refractivity contribution in [2.75, 3.05) is 26.3 Å². The summed E-state index contributed by atoms with van der Waals surface area (Å²) in [6.45, 7) is 1.90. The quantitative estimate of drug-likeness (QED) is 0.698. The van der Waals surface area contributed by atoms with Crippen molar-refractivity contribution in [1.29, 1.82) is 0 Å². The molecule has 1 rings (SSSR count). The Morgan fingerprint density at radius 1 is 1.43 bits per heavy atom. The molecule has 0 spiro atoms. The molecule has 0 aliphatic carbocycles. The maximum absolute atomic E-state index is 12.0. The van der Waals surface area contributed by atoms with Crippen molar-refractivity contribution in [3.8, 4) is 0 Å². The van der Waals surface area contributed by atoms with Gasteiger partial charge in [0.05, 0.1) is 18.4 Å². The van der Waals surface area contributed by atoms with Crippen molar-refractivity contribution >= 4 is 11.9 Å². The van der Waals surface area contributed by atoms with Gasteiger partial charge in [-0.3, -0.25) is 9.59 Å². The van der Waals surface area contributed by atoms with Crippen molar-refractivity contribution < 1.29 is 28.2 Å². The number of likely N-dealkylation sites (tertiary alicyclic amines) is 1. The fourth-order valence-electron chi connectivity index (χ4n) is 2.80. The smallest absolute Gasteiger partial charge is 0.311 e. The van der Waals surface area contributed by atoms with Crippen LogP contribution in [0.15, 0.2) is 0 Å². The van der Waals surface area contributed by atoms with Crippen LogP contribution in [0, 0.1) is 5.41 Å². The summed E-state index contributed by atoms with van der Waals surface area (Å²) in [6.07, 6.45) is -0.0362. The van der Waals surface area contributed by atoms with E-state index in [0.717, 1.165) is 6.42 Å². The third-order valence-electron chi connectivity index (χ3n) is 3.82. The van der Waals surface area contributed by atoms with E-state index < -0.39 is 24.4 Å². The first-order chi connectivity index (χ1) is 9.91. The molecular formula is C14H23F2NO4. The summed E-state index contributed by atoms with van der Waals surface area (Å²) in [5.41, 5.74) is -0.869. The molecule has 0 radical (unpaired) electrons. The number of ether oxygens (including phenoxy) is 1. The molecule has 0 aromatic carbocycles. The highest BCUT2D eigenvalue weighted by Crippen LogP contribution is 2.35. The monoisotopic (exact) mass is 307 g/mol. The molecule has 1 aliphatic heterocycles. The molecule has 0 saturated carbocycles. The Morgan fingerprint density at radius 2 is 2.14 bits per heavy atom. The van der Waals surface area contributed by atoms with E-state index in [1.54, 1.807) is 0 Å². The summed E-state index contributed by atoms with van der Waals surface area (Å²) < 4.78 is 28.5. The number of halogens is 2. The number of carbonyl (C=O) groups excluding carboxylic acids is 1. The number of carbonyl (C=O) groups is 2. The van der Waals surface area contributed by atoms with Crippen molar-refractivity contribution in [2.45, 2.75) is 45.5 Å². The Kier molecular flexibility index (Phi) is 7.01. The summed E-state index contributed by atoms with van der Waals surface area (Å²) in [5.74, 6) is -1.10. The lowest BCUT2D eigenvalue weighted by atomic mass is 9.76. The minimum absolute atomic E-state index is 0.00848. The first-order valence-corrected chi connectivity index (χ1v) is 7.28. The summed E-state index contributed by atoms with van der Waals surface area (Å²) >= 11 is 0. The third-order valence-corrected chi connectivity index (χ3v) is 3.82. The van der Waals surface area contributed by atoms with Gasteiger partial charge in [0.1, 0.15) is 6.61 Å². The lowest BCUT2D eigenvalue weighted by Crippen LogP contribution is -2.50. The van der Waals surface area contributed by atoms with Crippen molar-refractivity contribution in [1.82, 2.24) is 4.90 Å². The molecular weight excluding hydrogens is 284 g/mol. The second-order valence-corrected chi connectivity index (χ2v) is 5.47. The fraction of sp³-hybridized carbons (Fsp3) is 0.857. The van der Waals surface area contributed by atoms with Crippen LogP contribution in [-0.2, 0) is 14.3 Å². The zero-order valence-corrected chi connectivity index (χ0v) is 12.3. The lowest BCUT2D eigenvalue weighted by molar-refractivity contribution is -0.155. The molecule has 7 heteroatoms. The summed E-state index contributed by atoms with van der Waals surface area (Å²) in [5, 5.41) is 9.45. The predicted molar refractivity (Wildman–Crippen MR) is 72.2 cm³/mol. The average Bonchev–Trinajstić information content (AvgIpc) is 2.43. The van der Waals surface area contributed by atoms with Gasteiger partial charge in [0.15, 0.2) is 0 Å². The second-order valence-electron chi connectivity index (χ2n) is 5.47. The van der Waals surface area contributed by atoms with Crippen LogP contribution in [-0.4, -0.2) is 54.6 Å². The number of alkyl halides is 2. The van der Waals surface area contributed by atoms with Gasteiger partial charge >= 0.3 is 5.97 Å². The number of rotatable bonds is 8. The van der Waals surface area contributed by atoms with Gasteiger partial charge in [-0.15, -0.1) is 0 Å². The van der Waals surface area contributed by atoms with Crippen molar-refractivity contribution in [3.63, 3.8) is 0 Å². The standard InChI is InChI=1S/C14H23F2NO4/c1-2-5-14(13(19)20)6-3-7-17(10-14)12(18)4-8-21-9-11(15)16/h11H,2-10H2,1H3,(H,19,20). The van der Waals surface area contributed by atoms with Gasteiger partial charge in [-0.25, -0.2) is 8.78 Å². The van der Waals surface area contributed by atoms with E-state index in [0.29, 0.717) is 25.8 Å². The van der Waals surface area contributed by atoms with E-state index in [9.17, 15) is 23.5 Å². The Morgan fingerprint density at radius 3 is 2.71 bits per heavy atom. The van der Waals surface area contributed by atoms with Crippen molar-refractivity contribution in [3.05, 3.63) is 0 Å². The largest absolute Gasteiger partial charge is 0.481 e. The van der Waals surface area contributed by atoms with Crippen molar-refractivity contribution in [2.24, 2.45) is 5.41 Å². The van der Waals surface area contributed by atoms with Gasteiger partial charge in [-0.1, -0.05) is 13.3 Å². The summed E-state index contributed by atoms with van der Waals surface area (Å²) in [7, 11) is 0. The number of hydrogen-bond acceptors (Lipinski definition) is 3. The minimum atomic E-state index is -2.54. The zero-order chi connectivity index (χ0) is 15.9. The van der Waals surface area contributed by atoms with Crippen LogP contribution in [0.25, 0.3) is 0 Å². The fourth-order valence-corrected chi connectivity index (χ4v) is 2.80. The van der Waals surface area contributed by atoms with Gasteiger partial charge in [0, 0.05) is 13.1 Å². The zero-order valence-electron chi connectivity index (χ0n) is 12.3. The Balaban J connectivity index is 2.50. The molecule has 1 atom stereocenters. The maximum atomic E-state index is 12.0. The molecule has 5 nitrogen and oxygen atoms in total. The average molecular weight is 307 g/mol. The first kappa shape index (κ1) is 17.8. The van der Waals surface area contributed by atoms with E-state index in [-0.39, 0.29) is 25.5 Å². The van der Waals surface area contributed by atoms with Gasteiger partial charge in [-0.2, -0.15) is 0 Å². The second kappa shape index (κ2) is 8.26. The van der Waals surface area contributed by atoms with Gasteiger partial charge < -0.3 is 14.7 Å². The molecule has 1 aliphatic rings. The number of nitrogens with zero attached hydrogens (tertiary/aromatic N) is 1. The Bertz CT molecular complexity index is 361. The topological polar surface area (TPSA) is 66.8 Å². The number of piperidine rings is 1. The van der Waals surface area contributed by atoms with E-state index in [1.807, 2.05) is 6.92 Å². The van der Waals surface area contributed by atoms with Gasteiger partial charge in [0.25, 0.3) is 6.43 Å². The highest BCUT2D eigenvalue weighted by molar-refractivity contribution is 5.79. The van der Waals surface area contributed by atoms with Crippen LogP contribution in [0.3, 0.4) is 0 Å². The highest BCUT2D eigenvalue weighted by atomic mass is 19.3. The predicted octanol–water partition coefficient (Wildman–Crippen LogP) is 2.15. The normalized spacial score (nSPS) is 22.6. The van der Waals surface area contributed by atoms with Crippen LogP contribution in [0.5, 0.6) is 0 Å². The molecule has 1 saturated heterocycles. The molecule has 1 amide bonds. The summed E-state index contributed by atoms with van der Waals surface area (Å²) in [4.78, 5) is 25.1. The highest BCUT2D eigenvalue weighted by Gasteiger charge is 2.42. The number of carboxylic acids is 1. The van der Waals surface area contributed by atoms with E-state index in [2.05, 4.69) is 4.74 Å². The molecule has 1 N–H and O–H groups in total.